The van der Waals surface area contributed by atoms with Gasteiger partial charge < -0.3 is 15.6 Å². The maximum Gasteiger partial charge on any atom is 0.0825 e. The fraction of sp³-hybridized carbons (Fsp3) is 1.00. The lowest BCUT2D eigenvalue weighted by Crippen LogP contribution is -2.45. The van der Waals surface area contributed by atoms with Crippen LogP contribution in [0.25, 0.3) is 0 Å². The number of rotatable bonds is 6. The van der Waals surface area contributed by atoms with Crippen molar-refractivity contribution in [3.8, 4) is 0 Å². The Hall–Kier alpha value is -0.120. The molecule has 0 aromatic heterocycles. The lowest BCUT2D eigenvalue weighted by atomic mass is 9.87. The second-order valence-electron chi connectivity index (χ2n) is 3.35. The summed E-state index contributed by atoms with van der Waals surface area (Å²) in [4.78, 5) is 0. The zero-order valence-corrected chi connectivity index (χ0v) is 8.34. The molecule has 0 spiro atoms. The van der Waals surface area contributed by atoms with Gasteiger partial charge in [0.15, 0.2) is 0 Å². The molecule has 1 atom stereocenters. The molecule has 3 heteroatoms. The topological polar surface area (TPSA) is 55.5 Å². The molecule has 0 aromatic carbocycles. The molecule has 1 unspecified atom stereocenters. The van der Waals surface area contributed by atoms with Crippen LogP contribution in [0.4, 0.5) is 0 Å². The summed E-state index contributed by atoms with van der Waals surface area (Å²) in [5.41, 5.74) is 5.41. The van der Waals surface area contributed by atoms with Crippen LogP contribution in [0.15, 0.2) is 0 Å². The Bertz CT molecular complexity index is 111. The molecule has 0 saturated carbocycles. The Kier molecular flexibility index (Phi) is 5.46. The maximum atomic E-state index is 8.64. The molecule has 0 radical (unpaired) electrons. The fourth-order valence-electron chi connectivity index (χ4n) is 1.36. The van der Waals surface area contributed by atoms with Crippen LogP contribution in [0.1, 0.15) is 27.2 Å². The Balaban J connectivity index is 4.15. The molecule has 0 amide bonds. The quantitative estimate of drug-likeness (QED) is 0.626. The standard InChI is InChI=1S/C9H21NO2/c1-4-9(7-10,8(2)3)12-6-5-11/h8,11H,4-7,10H2,1-3H3. The number of hydrogen-bond donors (Lipinski definition) is 2. The van der Waals surface area contributed by atoms with Crippen molar-refractivity contribution in [2.24, 2.45) is 11.7 Å². The van der Waals surface area contributed by atoms with Crippen LogP contribution in [-0.2, 0) is 4.74 Å². The highest BCUT2D eigenvalue weighted by Crippen LogP contribution is 2.24. The summed E-state index contributed by atoms with van der Waals surface area (Å²) in [5, 5.41) is 8.64. The van der Waals surface area contributed by atoms with Gasteiger partial charge in [-0.05, 0) is 12.3 Å². The molecule has 0 rings (SSSR count). The van der Waals surface area contributed by atoms with E-state index in [0.717, 1.165) is 6.42 Å². The summed E-state index contributed by atoms with van der Waals surface area (Å²) < 4.78 is 5.56. The molecule has 0 heterocycles. The van der Waals surface area contributed by atoms with Gasteiger partial charge in [-0.15, -0.1) is 0 Å². The zero-order valence-electron chi connectivity index (χ0n) is 8.34. The second-order valence-corrected chi connectivity index (χ2v) is 3.35. The van der Waals surface area contributed by atoms with Crippen LogP contribution in [0.5, 0.6) is 0 Å². The van der Waals surface area contributed by atoms with Crippen LogP contribution in [0, 0.1) is 5.92 Å². The highest BCUT2D eigenvalue weighted by atomic mass is 16.5. The van der Waals surface area contributed by atoms with Crippen LogP contribution in [-0.4, -0.2) is 30.5 Å². The molecule has 0 aliphatic heterocycles. The van der Waals surface area contributed by atoms with Gasteiger partial charge in [0, 0.05) is 6.54 Å². The highest BCUT2D eigenvalue weighted by molar-refractivity contribution is 4.83. The summed E-state index contributed by atoms with van der Waals surface area (Å²) >= 11 is 0. The third-order valence-electron chi connectivity index (χ3n) is 2.48. The number of aliphatic hydroxyl groups is 1. The van der Waals surface area contributed by atoms with Gasteiger partial charge in [-0.3, -0.25) is 0 Å². The molecular formula is C9H21NO2. The summed E-state index contributed by atoms with van der Waals surface area (Å²) in [5.74, 6) is 0.388. The Morgan fingerprint density at radius 1 is 1.50 bits per heavy atom. The van der Waals surface area contributed by atoms with Crippen molar-refractivity contribution in [2.75, 3.05) is 19.8 Å². The second kappa shape index (κ2) is 5.51. The average Bonchev–Trinajstić information content (AvgIpc) is 2.07. The average molecular weight is 175 g/mol. The minimum atomic E-state index is -0.247. The van der Waals surface area contributed by atoms with Gasteiger partial charge in [-0.1, -0.05) is 20.8 Å². The van der Waals surface area contributed by atoms with Crippen LogP contribution >= 0.6 is 0 Å². The molecule has 0 fully saturated rings. The van der Waals surface area contributed by atoms with Crippen molar-refractivity contribution >= 4 is 0 Å². The zero-order chi connectivity index (χ0) is 9.61. The van der Waals surface area contributed by atoms with Crippen molar-refractivity contribution in [1.82, 2.24) is 0 Å². The predicted octanol–water partition coefficient (Wildman–Crippen LogP) is 0.759. The highest BCUT2D eigenvalue weighted by Gasteiger charge is 2.30. The monoisotopic (exact) mass is 175 g/mol. The lowest BCUT2D eigenvalue weighted by Gasteiger charge is -2.35. The van der Waals surface area contributed by atoms with E-state index in [2.05, 4.69) is 20.8 Å². The first-order valence-electron chi connectivity index (χ1n) is 4.57. The van der Waals surface area contributed by atoms with E-state index in [1.54, 1.807) is 0 Å². The predicted molar refractivity (Wildman–Crippen MR) is 50.0 cm³/mol. The van der Waals surface area contributed by atoms with E-state index < -0.39 is 0 Å². The summed E-state index contributed by atoms with van der Waals surface area (Å²) in [7, 11) is 0. The van der Waals surface area contributed by atoms with Gasteiger partial charge >= 0.3 is 0 Å². The minimum absolute atomic E-state index is 0.0640. The summed E-state index contributed by atoms with van der Waals surface area (Å²) in [6.07, 6.45) is 0.890. The van der Waals surface area contributed by atoms with Gasteiger partial charge in [-0.2, -0.15) is 0 Å². The third kappa shape index (κ3) is 2.73. The summed E-state index contributed by atoms with van der Waals surface area (Å²) in [6, 6.07) is 0. The van der Waals surface area contributed by atoms with E-state index in [1.807, 2.05) is 0 Å². The van der Waals surface area contributed by atoms with E-state index in [-0.39, 0.29) is 12.2 Å². The minimum Gasteiger partial charge on any atom is -0.394 e. The molecule has 0 aliphatic rings. The first kappa shape index (κ1) is 11.9. The molecule has 3 nitrogen and oxygen atoms in total. The Labute approximate surface area is 74.9 Å². The van der Waals surface area contributed by atoms with Crippen LogP contribution < -0.4 is 5.73 Å². The van der Waals surface area contributed by atoms with Crippen molar-refractivity contribution in [1.29, 1.82) is 0 Å². The molecule has 0 aromatic rings. The van der Waals surface area contributed by atoms with E-state index in [0.29, 0.717) is 19.1 Å². The van der Waals surface area contributed by atoms with Gasteiger partial charge in [-0.25, -0.2) is 0 Å². The van der Waals surface area contributed by atoms with Crippen LogP contribution in [0.3, 0.4) is 0 Å². The number of aliphatic hydroxyl groups excluding tert-OH is 1. The SMILES string of the molecule is CCC(CN)(OCCO)C(C)C. The van der Waals surface area contributed by atoms with Gasteiger partial charge in [0.1, 0.15) is 0 Å². The van der Waals surface area contributed by atoms with E-state index in [9.17, 15) is 0 Å². The third-order valence-corrected chi connectivity index (χ3v) is 2.48. The first-order valence-corrected chi connectivity index (χ1v) is 4.57. The molecule has 12 heavy (non-hydrogen) atoms. The van der Waals surface area contributed by atoms with Crippen molar-refractivity contribution < 1.29 is 9.84 Å². The van der Waals surface area contributed by atoms with E-state index in [4.69, 9.17) is 15.6 Å². The number of nitrogens with two attached hydrogens (primary N) is 1. The van der Waals surface area contributed by atoms with Crippen molar-refractivity contribution in [2.45, 2.75) is 32.8 Å². The van der Waals surface area contributed by atoms with E-state index >= 15 is 0 Å². The molecule has 3 N–H and O–H groups in total. The van der Waals surface area contributed by atoms with Crippen LogP contribution in [0.2, 0.25) is 0 Å². The lowest BCUT2D eigenvalue weighted by molar-refractivity contribution is -0.0838. The van der Waals surface area contributed by atoms with E-state index in [1.165, 1.54) is 0 Å². The van der Waals surface area contributed by atoms with Gasteiger partial charge in [0.05, 0.1) is 18.8 Å². The fourth-order valence-corrected chi connectivity index (χ4v) is 1.36. The molecule has 0 aliphatic carbocycles. The molecular weight excluding hydrogens is 154 g/mol. The molecule has 74 valence electrons. The van der Waals surface area contributed by atoms with Gasteiger partial charge in [0.25, 0.3) is 0 Å². The summed E-state index contributed by atoms with van der Waals surface area (Å²) in [6.45, 7) is 7.20. The Morgan fingerprint density at radius 3 is 2.33 bits per heavy atom. The van der Waals surface area contributed by atoms with Crippen molar-refractivity contribution in [3.63, 3.8) is 0 Å². The maximum absolute atomic E-state index is 8.64. The Morgan fingerprint density at radius 2 is 2.08 bits per heavy atom. The normalized spacial score (nSPS) is 16.5. The first-order chi connectivity index (χ1) is 5.63. The number of ether oxygens (including phenoxy) is 1. The molecule has 0 saturated heterocycles. The van der Waals surface area contributed by atoms with Gasteiger partial charge in [0.2, 0.25) is 0 Å². The largest absolute Gasteiger partial charge is 0.394 e. The molecule has 0 bridgehead atoms. The smallest absolute Gasteiger partial charge is 0.0825 e. The van der Waals surface area contributed by atoms with Crippen molar-refractivity contribution in [3.05, 3.63) is 0 Å². The number of hydrogen-bond acceptors (Lipinski definition) is 3.